The zero-order valence-electron chi connectivity index (χ0n) is 44.6. The van der Waals surface area contributed by atoms with Gasteiger partial charge in [0, 0.05) is 6.42 Å². The molecular formula is C50H58N10O16S3. The van der Waals surface area contributed by atoms with Gasteiger partial charge in [0.25, 0.3) is 17.7 Å². The lowest BCUT2D eigenvalue weighted by atomic mass is 9.82. The quantitative estimate of drug-likeness (QED) is 0.0293. The number of thiazole rings is 3. The number of amides is 3. The van der Waals surface area contributed by atoms with Crippen molar-refractivity contribution in [3.8, 4) is 17.2 Å². The first-order chi connectivity index (χ1) is 36.7. The summed E-state index contributed by atoms with van der Waals surface area (Å²) in [6.07, 6.45) is 3.63. The van der Waals surface area contributed by atoms with Gasteiger partial charge in [-0.25, -0.2) is 19.7 Å². The number of rotatable bonds is 14. The van der Waals surface area contributed by atoms with Crippen molar-refractivity contribution >= 4 is 100 Å². The monoisotopic (exact) mass is 1150 g/mol. The second kappa shape index (κ2) is 28.6. The number of carbonyl (C=O) groups is 6. The number of aromatic hydroxyl groups is 1. The number of anilines is 3. The lowest BCUT2D eigenvalue weighted by molar-refractivity contribution is -0.380. The van der Waals surface area contributed by atoms with E-state index in [0.717, 1.165) is 52.6 Å². The van der Waals surface area contributed by atoms with Gasteiger partial charge in [0.1, 0.15) is 47.5 Å². The van der Waals surface area contributed by atoms with E-state index in [0.29, 0.717) is 6.42 Å². The average Bonchev–Trinajstić information content (AvgIpc) is 4.16. The molecule has 0 radical (unpaired) electrons. The van der Waals surface area contributed by atoms with Crippen LogP contribution in [-0.4, -0.2) is 82.1 Å². The van der Waals surface area contributed by atoms with Gasteiger partial charge in [-0.2, -0.15) is 0 Å². The third kappa shape index (κ3) is 21.0. The number of phenols is 1. The SMILES string of the molecule is CC(C)(C)[C@H](N)C(=O)Oc1ccccc1C(=O)Nc1ncc([N+](=O)[O-])s1.CCC(=O)OC(C)(C)C.C[C@H](C(=O)Oc1ccccc1C(=O)Nc1ncc([N+](=O)[O-])s1)C(C)(C)C.O=C(Nc1ncc([N+](=O)[O-])s1)c1ccccc1O. The number of carbonyl (C=O) groups excluding carboxylic acids is 6. The Kier molecular flexibility index (Phi) is 23.4. The lowest BCUT2D eigenvalue weighted by Crippen LogP contribution is -2.44. The molecule has 6 aromatic rings. The molecule has 0 aliphatic carbocycles. The van der Waals surface area contributed by atoms with Crippen LogP contribution in [0.5, 0.6) is 17.2 Å². The van der Waals surface area contributed by atoms with Crippen molar-refractivity contribution in [2.45, 2.75) is 94.2 Å². The Morgan fingerprint density at radius 1 is 0.582 bits per heavy atom. The van der Waals surface area contributed by atoms with E-state index in [1.807, 2.05) is 41.5 Å². The van der Waals surface area contributed by atoms with Gasteiger partial charge in [-0.3, -0.25) is 70.3 Å². The summed E-state index contributed by atoms with van der Waals surface area (Å²) in [5.74, 6) is -3.37. The van der Waals surface area contributed by atoms with Gasteiger partial charge in [0.2, 0.25) is 0 Å². The second-order valence-corrected chi connectivity index (χ2v) is 22.4. The molecule has 0 spiro atoms. The Morgan fingerprint density at radius 2 is 0.924 bits per heavy atom. The van der Waals surface area contributed by atoms with E-state index in [4.69, 9.17) is 19.9 Å². The largest absolute Gasteiger partial charge is 0.507 e. The maximum Gasteiger partial charge on any atom is 0.345 e. The number of aromatic nitrogens is 3. The summed E-state index contributed by atoms with van der Waals surface area (Å²) >= 11 is 2.21. The molecule has 0 bridgehead atoms. The van der Waals surface area contributed by atoms with Crippen molar-refractivity contribution in [1.29, 1.82) is 0 Å². The van der Waals surface area contributed by atoms with Crippen LogP contribution in [0.4, 0.5) is 30.4 Å². The molecule has 0 aliphatic rings. The molecule has 0 fully saturated rings. The fourth-order valence-electron chi connectivity index (χ4n) is 5.36. The Bertz CT molecular complexity index is 3020. The molecule has 6 rings (SSSR count). The summed E-state index contributed by atoms with van der Waals surface area (Å²) in [6.45, 7) is 20.3. The number of nitro groups is 3. The number of phenolic OH excluding ortho intramolecular Hbond substituents is 1. The molecule has 6 N–H and O–H groups in total. The fourth-order valence-corrected chi connectivity index (χ4v) is 7.24. The normalized spacial score (nSPS) is 11.6. The summed E-state index contributed by atoms with van der Waals surface area (Å²) in [4.78, 5) is 113. The topological polar surface area (TPSA) is 381 Å². The van der Waals surface area contributed by atoms with Crippen molar-refractivity contribution in [3.05, 3.63) is 138 Å². The van der Waals surface area contributed by atoms with E-state index in [1.165, 1.54) is 36.4 Å². The molecule has 0 aliphatic heterocycles. The van der Waals surface area contributed by atoms with Crippen LogP contribution in [0.15, 0.2) is 91.4 Å². The molecular weight excluding hydrogens is 1090 g/mol. The number of para-hydroxylation sites is 3. The molecule has 26 nitrogen and oxygen atoms in total. The standard InChI is InChI=1S/C17H19N3O5S.C16H18N4O5S.C10H7N3O4S.C7H14O2/c1-10(17(2,3)4)15(22)25-12-8-6-5-7-11(12)14(21)19-16-18-9-13(26-16)20(23)24;1-16(2,3)12(17)14(22)25-10-7-5-4-6-9(10)13(21)19-15-18-8-11(26-15)20(23)24;14-7-4-2-1-3-6(7)9(15)12-10-11-5-8(18-10)13(16)17;1-5-6(8)9-7(2,3)4/h5-10H,1-4H3,(H,18,19,21);4-8,12H,17H2,1-3H3,(H,18,19,21);1-5,14H,(H,11,12,15);5H2,1-4H3/t10-;12-;;/m11../s1. The molecule has 422 valence electrons. The first kappa shape index (κ1) is 64.6. The highest BCUT2D eigenvalue weighted by Gasteiger charge is 2.31. The van der Waals surface area contributed by atoms with Crippen LogP contribution in [0.1, 0.15) is 114 Å². The number of ether oxygens (including phenoxy) is 3. The van der Waals surface area contributed by atoms with Crippen LogP contribution in [-0.2, 0) is 19.1 Å². The van der Waals surface area contributed by atoms with Crippen LogP contribution in [0.2, 0.25) is 0 Å². The van der Waals surface area contributed by atoms with Crippen LogP contribution in [0.3, 0.4) is 0 Å². The maximum atomic E-state index is 12.5. The van der Waals surface area contributed by atoms with Crippen LogP contribution >= 0.6 is 34.0 Å². The summed E-state index contributed by atoms with van der Waals surface area (Å²) < 4.78 is 15.6. The molecule has 0 saturated heterocycles. The second-order valence-electron chi connectivity index (χ2n) is 19.4. The van der Waals surface area contributed by atoms with Gasteiger partial charge in [-0.05, 0) is 102 Å². The molecule has 2 atom stereocenters. The average molecular weight is 1150 g/mol. The smallest absolute Gasteiger partial charge is 0.345 e. The number of hydrogen-bond donors (Lipinski definition) is 5. The zero-order valence-corrected chi connectivity index (χ0v) is 47.0. The fraction of sp³-hybridized carbons (Fsp3) is 0.340. The molecule has 3 amide bonds. The van der Waals surface area contributed by atoms with E-state index in [9.17, 15) is 64.2 Å². The van der Waals surface area contributed by atoms with E-state index >= 15 is 0 Å². The third-order valence-corrected chi connectivity index (χ3v) is 12.7. The van der Waals surface area contributed by atoms with Crippen molar-refractivity contribution in [2.24, 2.45) is 22.5 Å². The van der Waals surface area contributed by atoms with Crippen molar-refractivity contribution in [1.82, 2.24) is 15.0 Å². The molecule has 3 aromatic heterocycles. The van der Waals surface area contributed by atoms with Crippen LogP contribution in [0.25, 0.3) is 0 Å². The number of benzene rings is 3. The highest BCUT2D eigenvalue weighted by molar-refractivity contribution is 7.19. The number of nitrogens with two attached hydrogens (primary N) is 1. The maximum absolute atomic E-state index is 12.5. The minimum atomic E-state index is -0.875. The molecule has 0 saturated carbocycles. The first-order valence-corrected chi connectivity index (χ1v) is 25.8. The summed E-state index contributed by atoms with van der Waals surface area (Å²) in [5.41, 5.74) is 5.06. The minimum Gasteiger partial charge on any atom is -0.507 e. The first-order valence-electron chi connectivity index (χ1n) is 23.3. The predicted molar refractivity (Wildman–Crippen MR) is 295 cm³/mol. The molecule has 3 aromatic carbocycles. The summed E-state index contributed by atoms with van der Waals surface area (Å²) in [7, 11) is 0. The van der Waals surface area contributed by atoms with E-state index < -0.39 is 55.9 Å². The molecule has 29 heteroatoms. The molecule has 79 heavy (non-hydrogen) atoms. The zero-order chi connectivity index (χ0) is 59.6. The Hall–Kier alpha value is -8.67. The van der Waals surface area contributed by atoms with E-state index in [2.05, 4.69) is 30.9 Å². The number of hydrogen-bond acceptors (Lipinski definition) is 23. The van der Waals surface area contributed by atoms with Crippen molar-refractivity contribution in [3.63, 3.8) is 0 Å². The Labute approximate surface area is 464 Å². The van der Waals surface area contributed by atoms with Crippen molar-refractivity contribution < 1.29 is 62.9 Å². The third-order valence-electron chi connectivity index (χ3n) is 10.1. The number of nitrogens with zero attached hydrogens (tertiary/aromatic N) is 6. The number of esters is 3. The molecule has 0 unspecified atom stereocenters. The number of nitrogens with one attached hydrogen (secondary N) is 3. The van der Waals surface area contributed by atoms with Gasteiger partial charge < -0.3 is 25.1 Å². The lowest BCUT2D eigenvalue weighted by Gasteiger charge is -2.25. The van der Waals surface area contributed by atoms with Crippen LogP contribution < -0.4 is 31.2 Å². The Morgan fingerprint density at radius 3 is 1.23 bits per heavy atom. The van der Waals surface area contributed by atoms with Gasteiger partial charge in [-0.1, -0.05) is 91.8 Å². The van der Waals surface area contributed by atoms with Gasteiger partial charge in [0.05, 0.1) is 37.4 Å². The van der Waals surface area contributed by atoms with Gasteiger partial charge in [0.15, 0.2) is 15.4 Å². The highest BCUT2D eigenvalue weighted by Crippen LogP contribution is 2.32. The van der Waals surface area contributed by atoms with E-state index in [-0.39, 0.29) is 87.2 Å². The molecule has 3 heterocycles. The summed E-state index contributed by atoms with van der Waals surface area (Å²) in [6, 6.07) is 17.5. The van der Waals surface area contributed by atoms with Crippen LogP contribution in [0, 0.1) is 47.1 Å². The van der Waals surface area contributed by atoms with E-state index in [1.54, 1.807) is 71.0 Å². The predicted octanol–water partition coefficient (Wildman–Crippen LogP) is 10.2. The Balaban J connectivity index is 0.000000293. The van der Waals surface area contributed by atoms with Gasteiger partial charge >= 0.3 is 32.9 Å². The van der Waals surface area contributed by atoms with Gasteiger partial charge in [-0.15, -0.1) is 0 Å². The summed E-state index contributed by atoms with van der Waals surface area (Å²) in [5, 5.41) is 48.3. The van der Waals surface area contributed by atoms with Crippen molar-refractivity contribution in [2.75, 3.05) is 16.0 Å². The highest BCUT2D eigenvalue weighted by atomic mass is 32.1. The minimum absolute atomic E-state index is 0.0424.